The molecule has 0 fully saturated rings. The Morgan fingerprint density at radius 3 is 1.60 bits per heavy atom. The van der Waals surface area contributed by atoms with Crippen molar-refractivity contribution in [2.45, 2.75) is 20.0 Å². The normalized spacial score (nSPS) is 11.7. The number of benzene rings is 3. The monoisotopic (exact) mass is 327 g/mol. The van der Waals surface area contributed by atoms with Gasteiger partial charge in [0.15, 0.2) is 0 Å². The average Bonchev–Trinajstić information content (AvgIpc) is 2.68. The van der Waals surface area contributed by atoms with Gasteiger partial charge in [0, 0.05) is 19.6 Å². The summed E-state index contributed by atoms with van der Waals surface area (Å²) in [5.41, 5.74) is 5.32. The highest BCUT2D eigenvalue weighted by Gasteiger charge is 2.06. The quantitative estimate of drug-likeness (QED) is 0.530. The molecular weight excluding hydrogens is 302 g/mol. The van der Waals surface area contributed by atoms with Crippen molar-refractivity contribution in [2.75, 3.05) is 6.54 Å². The minimum absolute atomic E-state index is 0.935. The highest BCUT2D eigenvalue weighted by Crippen LogP contribution is 2.15. The summed E-state index contributed by atoms with van der Waals surface area (Å²) in [6.45, 7) is 5.03. The predicted octanol–water partition coefficient (Wildman–Crippen LogP) is 5.79. The Balaban J connectivity index is 1.73. The molecular formula is C24H25N. The zero-order chi connectivity index (χ0) is 17.3. The van der Waals surface area contributed by atoms with Gasteiger partial charge in [-0.15, -0.1) is 0 Å². The van der Waals surface area contributed by atoms with Crippen LogP contribution >= 0.6 is 0 Å². The summed E-state index contributed by atoms with van der Waals surface area (Å²) in [6.07, 6.45) is 2.33. The van der Waals surface area contributed by atoms with E-state index in [1.165, 1.54) is 22.3 Å². The SMILES string of the molecule is C/C(=C\CN(Cc1ccccc1)Cc1ccccc1)c1ccccc1. The molecule has 0 spiro atoms. The Bertz CT molecular complexity index is 735. The molecule has 0 unspecified atom stereocenters. The molecule has 0 aliphatic rings. The third kappa shape index (κ3) is 5.44. The summed E-state index contributed by atoms with van der Waals surface area (Å²) in [4.78, 5) is 2.48. The van der Waals surface area contributed by atoms with Crippen LogP contribution in [0.1, 0.15) is 23.6 Å². The molecule has 1 heteroatoms. The van der Waals surface area contributed by atoms with Gasteiger partial charge in [-0.25, -0.2) is 0 Å². The summed E-state index contributed by atoms with van der Waals surface area (Å²) in [5.74, 6) is 0. The van der Waals surface area contributed by atoms with Crippen molar-refractivity contribution in [1.82, 2.24) is 4.90 Å². The van der Waals surface area contributed by atoms with Crippen molar-refractivity contribution in [1.29, 1.82) is 0 Å². The molecule has 0 bridgehead atoms. The van der Waals surface area contributed by atoms with Crippen LogP contribution in [0, 0.1) is 0 Å². The van der Waals surface area contributed by atoms with E-state index in [0.29, 0.717) is 0 Å². The molecule has 1 nitrogen and oxygen atoms in total. The molecule has 0 aliphatic heterocycles. The molecule has 0 saturated heterocycles. The van der Waals surface area contributed by atoms with E-state index in [0.717, 1.165) is 19.6 Å². The van der Waals surface area contributed by atoms with Gasteiger partial charge in [0.05, 0.1) is 0 Å². The van der Waals surface area contributed by atoms with Gasteiger partial charge >= 0.3 is 0 Å². The zero-order valence-corrected chi connectivity index (χ0v) is 14.8. The number of rotatable bonds is 7. The van der Waals surface area contributed by atoms with Crippen molar-refractivity contribution in [3.05, 3.63) is 114 Å². The van der Waals surface area contributed by atoms with Crippen LogP contribution in [0.2, 0.25) is 0 Å². The van der Waals surface area contributed by atoms with Crippen LogP contribution in [-0.4, -0.2) is 11.4 Å². The number of allylic oxidation sites excluding steroid dienone is 1. The molecule has 25 heavy (non-hydrogen) atoms. The van der Waals surface area contributed by atoms with E-state index in [1.807, 2.05) is 0 Å². The third-order valence-corrected chi connectivity index (χ3v) is 4.38. The van der Waals surface area contributed by atoms with Crippen molar-refractivity contribution < 1.29 is 0 Å². The molecule has 0 saturated carbocycles. The Morgan fingerprint density at radius 2 is 1.12 bits per heavy atom. The maximum absolute atomic E-state index is 2.48. The summed E-state index contributed by atoms with van der Waals surface area (Å²) in [7, 11) is 0. The van der Waals surface area contributed by atoms with Crippen molar-refractivity contribution >= 4 is 5.57 Å². The average molecular weight is 327 g/mol. The van der Waals surface area contributed by atoms with Gasteiger partial charge in [0.25, 0.3) is 0 Å². The van der Waals surface area contributed by atoms with Gasteiger partial charge in [-0.05, 0) is 29.2 Å². The van der Waals surface area contributed by atoms with Crippen LogP contribution < -0.4 is 0 Å². The maximum atomic E-state index is 2.48. The smallest absolute Gasteiger partial charge is 0.0240 e. The van der Waals surface area contributed by atoms with Crippen LogP contribution in [0.5, 0.6) is 0 Å². The molecule has 0 amide bonds. The van der Waals surface area contributed by atoms with Crippen LogP contribution in [-0.2, 0) is 13.1 Å². The first-order valence-corrected chi connectivity index (χ1v) is 8.83. The molecule has 0 radical (unpaired) electrons. The molecule has 0 atom stereocenters. The highest BCUT2D eigenvalue weighted by atomic mass is 15.1. The third-order valence-electron chi connectivity index (χ3n) is 4.38. The van der Waals surface area contributed by atoms with Crippen LogP contribution in [0.4, 0.5) is 0 Å². The first-order valence-electron chi connectivity index (χ1n) is 8.83. The number of hydrogen-bond acceptors (Lipinski definition) is 1. The molecule has 0 N–H and O–H groups in total. The van der Waals surface area contributed by atoms with Crippen molar-refractivity contribution in [3.8, 4) is 0 Å². The highest BCUT2D eigenvalue weighted by molar-refractivity contribution is 5.63. The lowest BCUT2D eigenvalue weighted by Crippen LogP contribution is -2.23. The van der Waals surface area contributed by atoms with Gasteiger partial charge < -0.3 is 0 Å². The lowest BCUT2D eigenvalue weighted by molar-refractivity contribution is 0.286. The number of nitrogens with zero attached hydrogens (tertiary/aromatic N) is 1. The van der Waals surface area contributed by atoms with E-state index in [-0.39, 0.29) is 0 Å². The lowest BCUT2D eigenvalue weighted by atomic mass is 10.1. The van der Waals surface area contributed by atoms with Gasteiger partial charge in [-0.2, -0.15) is 0 Å². The second-order valence-corrected chi connectivity index (χ2v) is 6.39. The largest absolute Gasteiger partial charge is 0.291 e. The second kappa shape index (κ2) is 9.00. The van der Waals surface area contributed by atoms with Crippen molar-refractivity contribution in [3.63, 3.8) is 0 Å². The van der Waals surface area contributed by atoms with E-state index in [2.05, 4.69) is 109 Å². The fourth-order valence-corrected chi connectivity index (χ4v) is 2.95. The summed E-state index contributed by atoms with van der Waals surface area (Å²) >= 11 is 0. The summed E-state index contributed by atoms with van der Waals surface area (Å²) in [5, 5.41) is 0. The first kappa shape index (κ1) is 17.2. The molecule has 0 aliphatic carbocycles. The molecule has 126 valence electrons. The minimum atomic E-state index is 0.935. The maximum Gasteiger partial charge on any atom is 0.0240 e. The first-order chi connectivity index (χ1) is 12.3. The van der Waals surface area contributed by atoms with E-state index >= 15 is 0 Å². The van der Waals surface area contributed by atoms with Crippen LogP contribution in [0.15, 0.2) is 97.1 Å². The standard InChI is InChI=1S/C24H25N/c1-21(24-15-9-4-10-16-24)17-18-25(19-22-11-5-2-6-12-22)20-23-13-7-3-8-14-23/h2-17H,18-20H2,1H3/b21-17+. The lowest BCUT2D eigenvalue weighted by Gasteiger charge is -2.21. The predicted molar refractivity (Wildman–Crippen MR) is 107 cm³/mol. The van der Waals surface area contributed by atoms with E-state index in [9.17, 15) is 0 Å². The van der Waals surface area contributed by atoms with E-state index < -0.39 is 0 Å². The van der Waals surface area contributed by atoms with Gasteiger partial charge in [0.2, 0.25) is 0 Å². The van der Waals surface area contributed by atoms with Crippen LogP contribution in [0.25, 0.3) is 5.57 Å². The number of hydrogen-bond donors (Lipinski definition) is 0. The topological polar surface area (TPSA) is 3.24 Å². The van der Waals surface area contributed by atoms with Crippen molar-refractivity contribution in [2.24, 2.45) is 0 Å². The Hall–Kier alpha value is -2.64. The second-order valence-electron chi connectivity index (χ2n) is 6.39. The van der Waals surface area contributed by atoms with E-state index in [1.54, 1.807) is 0 Å². The molecule has 0 aromatic heterocycles. The molecule has 3 aromatic rings. The van der Waals surface area contributed by atoms with Gasteiger partial charge in [-0.3, -0.25) is 4.90 Å². The van der Waals surface area contributed by atoms with Crippen LogP contribution in [0.3, 0.4) is 0 Å². The zero-order valence-electron chi connectivity index (χ0n) is 14.8. The fraction of sp³-hybridized carbons (Fsp3) is 0.167. The summed E-state index contributed by atoms with van der Waals surface area (Å²) in [6, 6.07) is 32.0. The van der Waals surface area contributed by atoms with Gasteiger partial charge in [0.1, 0.15) is 0 Å². The Morgan fingerprint density at radius 1 is 0.680 bits per heavy atom. The Kier molecular flexibility index (Phi) is 6.19. The minimum Gasteiger partial charge on any atom is -0.291 e. The summed E-state index contributed by atoms with van der Waals surface area (Å²) < 4.78 is 0. The van der Waals surface area contributed by atoms with E-state index in [4.69, 9.17) is 0 Å². The fourth-order valence-electron chi connectivity index (χ4n) is 2.95. The van der Waals surface area contributed by atoms with Gasteiger partial charge in [-0.1, -0.05) is 97.1 Å². The molecule has 0 heterocycles. The Labute approximate surface area is 151 Å². The molecule has 3 rings (SSSR count). The molecule has 3 aromatic carbocycles.